The van der Waals surface area contributed by atoms with Crippen molar-refractivity contribution < 1.29 is 4.79 Å². The van der Waals surface area contributed by atoms with E-state index in [1.54, 1.807) is 31.3 Å². The van der Waals surface area contributed by atoms with E-state index in [2.05, 4.69) is 24.2 Å². The summed E-state index contributed by atoms with van der Waals surface area (Å²) in [5, 5.41) is 18.0. The monoisotopic (exact) mass is 286 g/mol. The standard InChI is InChI=1S/C16H22N4O/c1-4-6-14(7-5-2)16(21)20(3)19-18-15-10-8-13(12-17)9-11-15/h8-11,14H,4-7H2,1-3H3. The minimum atomic E-state index is 0.0103. The van der Waals surface area contributed by atoms with Gasteiger partial charge in [0.2, 0.25) is 5.91 Å². The number of carbonyl (C=O) groups is 1. The molecule has 0 heterocycles. The molecule has 0 aliphatic heterocycles. The van der Waals surface area contributed by atoms with E-state index in [0.717, 1.165) is 25.7 Å². The minimum absolute atomic E-state index is 0.0103. The molecule has 0 spiro atoms. The topological polar surface area (TPSA) is 68.8 Å². The van der Waals surface area contributed by atoms with Crippen LogP contribution in [0.4, 0.5) is 5.69 Å². The van der Waals surface area contributed by atoms with Gasteiger partial charge in [0.05, 0.1) is 17.3 Å². The van der Waals surface area contributed by atoms with Crippen LogP contribution in [-0.4, -0.2) is 18.0 Å². The molecule has 0 fully saturated rings. The van der Waals surface area contributed by atoms with Crippen molar-refractivity contribution in [2.45, 2.75) is 39.5 Å². The fraction of sp³-hybridized carbons (Fsp3) is 0.500. The average molecular weight is 286 g/mol. The van der Waals surface area contributed by atoms with Crippen LogP contribution in [-0.2, 0) is 4.79 Å². The number of benzene rings is 1. The van der Waals surface area contributed by atoms with Gasteiger partial charge in [0.1, 0.15) is 0 Å². The van der Waals surface area contributed by atoms with Crippen molar-refractivity contribution >= 4 is 11.6 Å². The summed E-state index contributed by atoms with van der Waals surface area (Å²) in [6.07, 6.45) is 3.72. The molecule has 21 heavy (non-hydrogen) atoms. The van der Waals surface area contributed by atoms with Gasteiger partial charge in [-0.3, -0.25) is 4.79 Å². The number of nitrogens with zero attached hydrogens (tertiary/aromatic N) is 4. The molecule has 1 amide bonds. The summed E-state index contributed by atoms with van der Waals surface area (Å²) < 4.78 is 0. The van der Waals surface area contributed by atoms with Crippen LogP contribution in [0, 0.1) is 17.2 Å². The number of hydrogen-bond donors (Lipinski definition) is 0. The summed E-state index contributed by atoms with van der Waals surface area (Å²) in [7, 11) is 1.63. The highest BCUT2D eigenvalue weighted by molar-refractivity contribution is 5.78. The highest BCUT2D eigenvalue weighted by Gasteiger charge is 2.20. The van der Waals surface area contributed by atoms with Crippen LogP contribution < -0.4 is 0 Å². The summed E-state index contributed by atoms with van der Waals surface area (Å²) in [4.78, 5) is 12.3. The average Bonchev–Trinajstić information content (AvgIpc) is 2.52. The zero-order valence-electron chi connectivity index (χ0n) is 12.9. The van der Waals surface area contributed by atoms with Crippen molar-refractivity contribution in [3.05, 3.63) is 29.8 Å². The van der Waals surface area contributed by atoms with Crippen LogP contribution in [0.15, 0.2) is 34.6 Å². The summed E-state index contributed by atoms with van der Waals surface area (Å²) >= 11 is 0. The van der Waals surface area contributed by atoms with E-state index in [9.17, 15) is 4.79 Å². The molecule has 1 aromatic carbocycles. The molecule has 0 bridgehead atoms. The first-order chi connectivity index (χ1) is 10.1. The first-order valence-corrected chi connectivity index (χ1v) is 7.31. The van der Waals surface area contributed by atoms with E-state index in [0.29, 0.717) is 11.3 Å². The summed E-state index contributed by atoms with van der Waals surface area (Å²) in [5.41, 5.74) is 1.19. The zero-order chi connectivity index (χ0) is 15.7. The number of nitriles is 1. The van der Waals surface area contributed by atoms with Crippen LogP contribution >= 0.6 is 0 Å². The smallest absolute Gasteiger partial charge is 0.246 e. The molecule has 0 aromatic heterocycles. The van der Waals surface area contributed by atoms with Crippen molar-refractivity contribution in [3.8, 4) is 6.07 Å². The molecule has 1 rings (SSSR count). The van der Waals surface area contributed by atoms with Gasteiger partial charge in [-0.2, -0.15) is 5.26 Å². The Kier molecular flexibility index (Phi) is 7.10. The number of hydrogen-bond acceptors (Lipinski definition) is 4. The molecule has 0 aliphatic carbocycles. The Bertz CT molecular complexity index is 510. The third-order valence-corrected chi connectivity index (χ3v) is 3.23. The van der Waals surface area contributed by atoms with Crippen molar-refractivity contribution in [3.63, 3.8) is 0 Å². The molecule has 0 unspecified atom stereocenters. The van der Waals surface area contributed by atoms with Gasteiger partial charge in [-0.15, -0.1) is 5.11 Å². The lowest BCUT2D eigenvalue weighted by atomic mass is 9.97. The van der Waals surface area contributed by atoms with Gasteiger partial charge in [-0.25, -0.2) is 5.01 Å². The second kappa shape index (κ2) is 8.85. The zero-order valence-corrected chi connectivity index (χ0v) is 12.9. The highest BCUT2D eigenvalue weighted by atomic mass is 16.2. The Labute approximate surface area is 126 Å². The Morgan fingerprint density at radius 3 is 2.29 bits per heavy atom. The first-order valence-electron chi connectivity index (χ1n) is 7.31. The molecule has 0 atom stereocenters. The normalized spacial score (nSPS) is 10.8. The van der Waals surface area contributed by atoms with Gasteiger partial charge in [-0.1, -0.05) is 31.9 Å². The van der Waals surface area contributed by atoms with E-state index in [4.69, 9.17) is 5.26 Å². The van der Waals surface area contributed by atoms with Crippen molar-refractivity contribution in [2.75, 3.05) is 7.05 Å². The third kappa shape index (κ3) is 5.35. The predicted octanol–water partition coefficient (Wildman–Crippen LogP) is 4.23. The molecule has 5 heteroatoms. The van der Waals surface area contributed by atoms with Gasteiger partial charge < -0.3 is 0 Å². The Hall–Kier alpha value is -2.22. The number of amides is 1. The largest absolute Gasteiger partial charge is 0.273 e. The minimum Gasteiger partial charge on any atom is -0.273 e. The quantitative estimate of drug-likeness (QED) is 0.556. The predicted molar refractivity (Wildman–Crippen MR) is 81.7 cm³/mol. The molecule has 0 saturated carbocycles. The van der Waals surface area contributed by atoms with Crippen LogP contribution in [0.1, 0.15) is 45.1 Å². The molecule has 112 valence electrons. The van der Waals surface area contributed by atoms with Crippen molar-refractivity contribution in [1.82, 2.24) is 5.01 Å². The van der Waals surface area contributed by atoms with Gasteiger partial charge in [-0.05, 0) is 37.1 Å². The van der Waals surface area contributed by atoms with E-state index in [1.807, 2.05) is 6.07 Å². The molecular weight excluding hydrogens is 264 g/mol. The molecule has 5 nitrogen and oxygen atoms in total. The van der Waals surface area contributed by atoms with Crippen LogP contribution in [0.3, 0.4) is 0 Å². The molecule has 0 saturated heterocycles. The SMILES string of the molecule is CCCC(CCC)C(=O)N(C)N=Nc1ccc(C#N)cc1. The van der Waals surface area contributed by atoms with Gasteiger partial charge >= 0.3 is 0 Å². The van der Waals surface area contributed by atoms with E-state index < -0.39 is 0 Å². The number of carbonyl (C=O) groups excluding carboxylic acids is 1. The van der Waals surface area contributed by atoms with E-state index in [-0.39, 0.29) is 11.8 Å². The first kappa shape index (κ1) is 16.8. The summed E-state index contributed by atoms with van der Waals surface area (Å²) in [6, 6.07) is 8.80. The lowest BCUT2D eigenvalue weighted by Gasteiger charge is -2.18. The Morgan fingerprint density at radius 2 is 1.81 bits per heavy atom. The van der Waals surface area contributed by atoms with Gasteiger partial charge in [0, 0.05) is 13.0 Å². The van der Waals surface area contributed by atoms with Gasteiger partial charge in [0.25, 0.3) is 0 Å². The lowest BCUT2D eigenvalue weighted by Crippen LogP contribution is -2.28. The lowest BCUT2D eigenvalue weighted by molar-refractivity contribution is -0.135. The highest BCUT2D eigenvalue weighted by Crippen LogP contribution is 2.18. The number of rotatable bonds is 7. The molecule has 0 radical (unpaired) electrons. The molecule has 1 aromatic rings. The van der Waals surface area contributed by atoms with Gasteiger partial charge in [0.15, 0.2) is 0 Å². The second-order valence-corrected chi connectivity index (χ2v) is 4.98. The van der Waals surface area contributed by atoms with Crippen LogP contribution in [0.25, 0.3) is 0 Å². The molecule has 0 aliphatic rings. The summed E-state index contributed by atoms with van der Waals surface area (Å²) in [5.74, 6) is 0.0287. The van der Waals surface area contributed by atoms with E-state index >= 15 is 0 Å². The van der Waals surface area contributed by atoms with Crippen molar-refractivity contribution in [1.29, 1.82) is 5.26 Å². The molecular formula is C16H22N4O. The van der Waals surface area contributed by atoms with Crippen molar-refractivity contribution in [2.24, 2.45) is 16.3 Å². The fourth-order valence-electron chi connectivity index (χ4n) is 2.12. The van der Waals surface area contributed by atoms with Crippen LogP contribution in [0.5, 0.6) is 0 Å². The maximum atomic E-state index is 12.3. The maximum Gasteiger partial charge on any atom is 0.246 e. The second-order valence-electron chi connectivity index (χ2n) is 4.98. The third-order valence-electron chi connectivity index (χ3n) is 3.23. The van der Waals surface area contributed by atoms with Crippen LogP contribution in [0.2, 0.25) is 0 Å². The van der Waals surface area contributed by atoms with E-state index in [1.165, 1.54) is 5.01 Å². The summed E-state index contributed by atoms with van der Waals surface area (Å²) in [6.45, 7) is 4.16. The molecule has 0 N–H and O–H groups in total. The fourth-order valence-corrected chi connectivity index (χ4v) is 2.12. The Morgan fingerprint density at radius 1 is 1.24 bits per heavy atom. The Balaban J connectivity index is 2.69. The maximum absolute atomic E-state index is 12.3.